The molecule has 3 nitrogen and oxygen atoms in total. The number of hydrogen-bond donors (Lipinski definition) is 2. The molecule has 0 aliphatic heterocycles. The van der Waals surface area contributed by atoms with Crippen molar-refractivity contribution in [2.24, 2.45) is 5.73 Å². The Morgan fingerprint density at radius 2 is 1.95 bits per heavy atom. The highest BCUT2D eigenvalue weighted by atomic mass is 32.2. The highest BCUT2D eigenvalue weighted by Crippen LogP contribution is 2.27. The third-order valence-corrected chi connectivity index (χ3v) is 10.8. The SMILES string of the molecule is CCCC(SC[C@H](N)C(=O)O)[Si](C)(C)c1ccccc1. The Bertz CT molecular complexity index is 425. The van der Waals surface area contributed by atoms with Crippen LogP contribution in [0.25, 0.3) is 0 Å². The predicted molar refractivity (Wildman–Crippen MR) is 90.3 cm³/mol. The number of carbonyl (C=O) groups is 1. The quantitative estimate of drug-likeness (QED) is 0.724. The molecule has 1 unspecified atom stereocenters. The molecule has 5 heteroatoms. The van der Waals surface area contributed by atoms with Crippen LogP contribution in [0.5, 0.6) is 0 Å². The molecular weight excluding hydrogens is 286 g/mol. The summed E-state index contributed by atoms with van der Waals surface area (Å²) in [6, 6.07) is 9.84. The van der Waals surface area contributed by atoms with Gasteiger partial charge in [-0.1, -0.05) is 62.0 Å². The van der Waals surface area contributed by atoms with Gasteiger partial charge in [0.25, 0.3) is 0 Å². The van der Waals surface area contributed by atoms with Gasteiger partial charge in [0.1, 0.15) is 6.04 Å². The van der Waals surface area contributed by atoms with Gasteiger partial charge < -0.3 is 10.8 Å². The summed E-state index contributed by atoms with van der Waals surface area (Å²) in [4.78, 5) is 11.4. The summed E-state index contributed by atoms with van der Waals surface area (Å²) in [6.07, 6.45) is 2.23. The number of aliphatic carboxylic acids is 1. The molecule has 112 valence electrons. The number of benzene rings is 1. The van der Waals surface area contributed by atoms with E-state index in [1.807, 2.05) is 6.07 Å². The Labute approximate surface area is 127 Å². The maximum absolute atomic E-state index is 10.9. The molecular formula is C15H25NO2SSi. The standard InChI is InChI=1S/C15H25NO2SSi/c1-4-8-14(19-11-13(16)15(17)18)20(2,3)12-9-6-5-7-10-12/h5-7,9-10,13-14H,4,8,11,16H2,1-3H3,(H,17,18)/t13-,14?/m0/s1. The molecule has 0 fully saturated rings. The van der Waals surface area contributed by atoms with E-state index < -0.39 is 20.1 Å². The van der Waals surface area contributed by atoms with E-state index in [9.17, 15) is 4.79 Å². The Balaban J connectivity index is 2.81. The first-order chi connectivity index (χ1) is 9.39. The van der Waals surface area contributed by atoms with Crippen molar-refractivity contribution in [1.82, 2.24) is 0 Å². The van der Waals surface area contributed by atoms with E-state index in [-0.39, 0.29) is 0 Å². The van der Waals surface area contributed by atoms with Gasteiger partial charge in [0.05, 0.1) is 8.07 Å². The minimum atomic E-state index is -1.62. The lowest BCUT2D eigenvalue weighted by Gasteiger charge is -2.33. The number of rotatable bonds is 8. The Hall–Kier alpha value is -0.783. The molecule has 1 rings (SSSR count). The number of thioether (sulfide) groups is 1. The van der Waals surface area contributed by atoms with Crippen molar-refractivity contribution in [2.45, 2.75) is 43.8 Å². The van der Waals surface area contributed by atoms with Crippen LogP contribution in [0.1, 0.15) is 19.8 Å². The van der Waals surface area contributed by atoms with Crippen LogP contribution in [0.4, 0.5) is 0 Å². The van der Waals surface area contributed by atoms with Crippen LogP contribution >= 0.6 is 11.8 Å². The fourth-order valence-electron chi connectivity index (χ4n) is 2.26. The highest BCUT2D eigenvalue weighted by molar-refractivity contribution is 8.01. The zero-order valence-corrected chi connectivity index (χ0v) is 14.3. The summed E-state index contributed by atoms with van der Waals surface area (Å²) in [5, 5.41) is 10.3. The molecule has 0 aliphatic carbocycles. The number of hydrogen-bond acceptors (Lipinski definition) is 3. The van der Waals surface area contributed by atoms with Crippen LogP contribution in [0.3, 0.4) is 0 Å². The molecule has 20 heavy (non-hydrogen) atoms. The van der Waals surface area contributed by atoms with Gasteiger partial charge in [-0.15, -0.1) is 0 Å². The minimum Gasteiger partial charge on any atom is -0.480 e. The summed E-state index contributed by atoms with van der Waals surface area (Å²) in [5.74, 6) is -0.421. The zero-order valence-electron chi connectivity index (χ0n) is 12.5. The predicted octanol–water partition coefficient (Wildman–Crippen LogP) is 2.46. The van der Waals surface area contributed by atoms with Crippen molar-refractivity contribution >= 4 is 31.0 Å². The van der Waals surface area contributed by atoms with E-state index in [0.717, 1.165) is 12.8 Å². The first-order valence-electron chi connectivity index (χ1n) is 7.05. The summed E-state index contributed by atoms with van der Waals surface area (Å²) in [5.41, 5.74) is 5.64. The third-order valence-electron chi connectivity index (χ3n) is 3.67. The van der Waals surface area contributed by atoms with Crippen LogP contribution in [0.15, 0.2) is 30.3 Å². The zero-order chi connectivity index (χ0) is 15.2. The summed E-state index contributed by atoms with van der Waals surface area (Å²) in [7, 11) is -1.62. The monoisotopic (exact) mass is 311 g/mol. The molecule has 0 heterocycles. The molecule has 0 saturated heterocycles. The molecule has 3 N–H and O–H groups in total. The number of carboxylic acid groups (broad SMARTS) is 1. The maximum Gasteiger partial charge on any atom is 0.321 e. The molecule has 0 amide bonds. The number of nitrogens with two attached hydrogens (primary N) is 1. The maximum atomic E-state index is 10.9. The van der Waals surface area contributed by atoms with Crippen molar-refractivity contribution in [2.75, 3.05) is 5.75 Å². The van der Waals surface area contributed by atoms with Gasteiger partial charge in [0.2, 0.25) is 0 Å². The molecule has 0 aliphatic rings. The largest absolute Gasteiger partial charge is 0.480 e. The van der Waals surface area contributed by atoms with Gasteiger partial charge in [0.15, 0.2) is 0 Å². The van der Waals surface area contributed by atoms with Crippen molar-refractivity contribution in [3.8, 4) is 0 Å². The van der Waals surface area contributed by atoms with Gasteiger partial charge in [0, 0.05) is 10.6 Å². The second-order valence-electron chi connectivity index (χ2n) is 5.64. The summed E-state index contributed by atoms with van der Waals surface area (Å²) >= 11 is 1.74. The Morgan fingerprint density at radius 1 is 1.35 bits per heavy atom. The molecule has 1 aromatic carbocycles. The van der Waals surface area contributed by atoms with Crippen molar-refractivity contribution in [1.29, 1.82) is 0 Å². The fraction of sp³-hybridized carbons (Fsp3) is 0.533. The third kappa shape index (κ3) is 4.65. The van der Waals surface area contributed by atoms with E-state index in [1.54, 1.807) is 11.8 Å². The molecule has 0 saturated carbocycles. The van der Waals surface area contributed by atoms with Crippen LogP contribution in [0.2, 0.25) is 13.1 Å². The van der Waals surface area contributed by atoms with Crippen molar-refractivity contribution in [3.63, 3.8) is 0 Å². The lowest BCUT2D eigenvalue weighted by Crippen LogP contribution is -2.51. The fourth-order valence-corrected chi connectivity index (χ4v) is 8.04. The highest BCUT2D eigenvalue weighted by Gasteiger charge is 2.33. The molecule has 1 aromatic rings. The van der Waals surface area contributed by atoms with Crippen LogP contribution in [-0.4, -0.2) is 35.8 Å². The number of carboxylic acids is 1. The van der Waals surface area contributed by atoms with Crippen LogP contribution < -0.4 is 10.9 Å². The van der Waals surface area contributed by atoms with Gasteiger partial charge in [-0.2, -0.15) is 11.8 Å². The van der Waals surface area contributed by atoms with E-state index in [1.165, 1.54) is 5.19 Å². The lowest BCUT2D eigenvalue weighted by atomic mass is 10.4. The van der Waals surface area contributed by atoms with Crippen LogP contribution in [-0.2, 0) is 4.79 Å². The van der Waals surface area contributed by atoms with Gasteiger partial charge in [-0.25, -0.2) is 0 Å². The lowest BCUT2D eigenvalue weighted by molar-refractivity contribution is -0.137. The molecule has 0 radical (unpaired) electrons. The van der Waals surface area contributed by atoms with Crippen molar-refractivity contribution < 1.29 is 9.90 Å². The van der Waals surface area contributed by atoms with Crippen LogP contribution in [0, 0.1) is 0 Å². The average Bonchev–Trinajstić information content (AvgIpc) is 2.43. The molecule has 2 atom stereocenters. The van der Waals surface area contributed by atoms with E-state index >= 15 is 0 Å². The first kappa shape index (κ1) is 17.3. The molecule has 0 spiro atoms. The summed E-state index contributed by atoms with van der Waals surface area (Å²) < 4.78 is 0. The topological polar surface area (TPSA) is 63.3 Å². The molecule has 0 bridgehead atoms. The second kappa shape index (κ2) is 7.86. The van der Waals surface area contributed by atoms with E-state index in [2.05, 4.69) is 44.3 Å². The Morgan fingerprint density at radius 3 is 2.45 bits per heavy atom. The second-order valence-corrected chi connectivity index (χ2v) is 12.0. The van der Waals surface area contributed by atoms with E-state index in [4.69, 9.17) is 10.8 Å². The minimum absolute atomic E-state index is 0.489. The van der Waals surface area contributed by atoms with Gasteiger partial charge in [-0.05, 0) is 6.42 Å². The van der Waals surface area contributed by atoms with Gasteiger partial charge in [-0.3, -0.25) is 4.79 Å². The molecule has 0 aromatic heterocycles. The van der Waals surface area contributed by atoms with Gasteiger partial charge >= 0.3 is 5.97 Å². The van der Waals surface area contributed by atoms with E-state index in [0.29, 0.717) is 10.6 Å². The Kier molecular flexibility index (Phi) is 6.78. The smallest absolute Gasteiger partial charge is 0.321 e. The van der Waals surface area contributed by atoms with Crippen molar-refractivity contribution in [3.05, 3.63) is 30.3 Å². The first-order valence-corrected chi connectivity index (χ1v) is 11.2. The normalized spacial score (nSPS) is 14.8. The average molecular weight is 312 g/mol. The summed E-state index contributed by atoms with van der Waals surface area (Å²) in [6.45, 7) is 6.91.